The Hall–Kier alpha value is -0.870. The van der Waals surface area contributed by atoms with E-state index in [4.69, 9.17) is 11.6 Å². The van der Waals surface area contributed by atoms with Gasteiger partial charge in [-0.15, -0.1) is 0 Å². The van der Waals surface area contributed by atoms with Gasteiger partial charge in [0.05, 0.1) is 5.56 Å². The van der Waals surface area contributed by atoms with Crippen LogP contribution in [-0.2, 0) is 0 Å². The number of hydrogen-bond donors (Lipinski definition) is 2. The van der Waals surface area contributed by atoms with Crippen LogP contribution in [-0.4, -0.2) is 31.5 Å². The second-order valence-corrected chi connectivity index (χ2v) is 4.61. The zero-order valence-electron chi connectivity index (χ0n) is 9.34. The minimum Gasteiger partial charge on any atom is -0.387 e. The van der Waals surface area contributed by atoms with Gasteiger partial charge in [0.25, 0.3) is 5.91 Å². The molecule has 3 nitrogen and oxygen atoms in total. The lowest BCUT2D eigenvalue weighted by Crippen LogP contribution is -2.26. The molecule has 0 unspecified atom stereocenters. The summed E-state index contributed by atoms with van der Waals surface area (Å²) in [6.45, 7) is 0.662. The third kappa shape index (κ3) is 3.61. The Bertz CT molecular complexity index is 371. The smallest absolute Gasteiger partial charge is 0.253 e. The highest BCUT2D eigenvalue weighted by molar-refractivity contribution is 7.98. The van der Waals surface area contributed by atoms with E-state index >= 15 is 0 Å². The molecule has 1 aromatic carbocycles. The van der Waals surface area contributed by atoms with Gasteiger partial charge >= 0.3 is 0 Å². The summed E-state index contributed by atoms with van der Waals surface area (Å²) >= 11 is 7.56. The van der Waals surface area contributed by atoms with E-state index in [-0.39, 0.29) is 5.91 Å². The van der Waals surface area contributed by atoms with Crippen molar-refractivity contribution in [1.82, 2.24) is 5.32 Å². The third-order valence-corrected chi connectivity index (χ3v) is 2.93. The molecule has 0 aliphatic heterocycles. The van der Waals surface area contributed by atoms with Gasteiger partial charge in [0.15, 0.2) is 0 Å². The van der Waals surface area contributed by atoms with Gasteiger partial charge in [0.1, 0.15) is 0 Å². The number of rotatable bonds is 5. The van der Waals surface area contributed by atoms with Crippen molar-refractivity contribution in [2.75, 3.05) is 30.9 Å². The summed E-state index contributed by atoms with van der Waals surface area (Å²) in [5.74, 6) is 0.808. The van der Waals surface area contributed by atoms with Crippen LogP contribution < -0.4 is 10.6 Å². The molecule has 1 aromatic rings. The molecule has 0 radical (unpaired) electrons. The highest BCUT2D eigenvalue weighted by Gasteiger charge is 2.10. The maximum Gasteiger partial charge on any atom is 0.253 e. The summed E-state index contributed by atoms with van der Waals surface area (Å²) in [5.41, 5.74) is 1.36. The summed E-state index contributed by atoms with van der Waals surface area (Å²) in [4.78, 5) is 11.8. The number of anilines is 1. The average molecular weight is 259 g/mol. The Labute approximate surface area is 105 Å². The lowest BCUT2D eigenvalue weighted by Gasteiger charge is -2.09. The number of hydrogen-bond acceptors (Lipinski definition) is 3. The minimum absolute atomic E-state index is 0.0964. The Morgan fingerprint density at radius 2 is 2.25 bits per heavy atom. The van der Waals surface area contributed by atoms with Crippen molar-refractivity contribution >= 4 is 35.0 Å². The van der Waals surface area contributed by atoms with Crippen LogP contribution in [0.4, 0.5) is 5.69 Å². The standard InChI is InChI=1S/C11H15ClN2OS/c1-13-10-4-3-8(12)7-9(10)11(15)14-5-6-16-2/h3-4,7,13H,5-6H2,1-2H3,(H,14,15). The largest absolute Gasteiger partial charge is 0.387 e. The number of nitrogens with one attached hydrogen (secondary N) is 2. The van der Waals surface area contributed by atoms with Crippen molar-refractivity contribution in [3.8, 4) is 0 Å². The van der Waals surface area contributed by atoms with Crippen LogP contribution in [0, 0.1) is 0 Å². The van der Waals surface area contributed by atoms with Crippen LogP contribution in [0.25, 0.3) is 0 Å². The molecule has 1 amide bonds. The van der Waals surface area contributed by atoms with Gasteiger partial charge in [-0.1, -0.05) is 11.6 Å². The molecule has 5 heteroatoms. The molecule has 0 spiro atoms. The van der Waals surface area contributed by atoms with Crippen molar-refractivity contribution < 1.29 is 4.79 Å². The van der Waals surface area contributed by atoms with Crippen molar-refractivity contribution in [1.29, 1.82) is 0 Å². The molecule has 0 aliphatic carbocycles. The number of halogens is 1. The average Bonchev–Trinajstić information content (AvgIpc) is 2.29. The number of benzene rings is 1. The molecule has 88 valence electrons. The Kier molecular flexibility index (Phi) is 5.49. The van der Waals surface area contributed by atoms with Gasteiger partial charge in [-0.25, -0.2) is 0 Å². The van der Waals surface area contributed by atoms with E-state index in [1.165, 1.54) is 0 Å². The fraction of sp³-hybridized carbons (Fsp3) is 0.364. The molecule has 1 rings (SSSR count). The highest BCUT2D eigenvalue weighted by Crippen LogP contribution is 2.20. The van der Waals surface area contributed by atoms with Crippen molar-refractivity contribution in [2.24, 2.45) is 0 Å². The molecule has 0 saturated carbocycles. The molecular weight excluding hydrogens is 244 g/mol. The van der Waals surface area contributed by atoms with Crippen LogP contribution in [0.5, 0.6) is 0 Å². The highest BCUT2D eigenvalue weighted by atomic mass is 35.5. The van der Waals surface area contributed by atoms with Crippen LogP contribution in [0.3, 0.4) is 0 Å². The maximum absolute atomic E-state index is 11.8. The molecule has 0 aliphatic rings. The molecule has 16 heavy (non-hydrogen) atoms. The van der Waals surface area contributed by atoms with Crippen LogP contribution in [0.15, 0.2) is 18.2 Å². The van der Waals surface area contributed by atoms with E-state index < -0.39 is 0 Å². The fourth-order valence-electron chi connectivity index (χ4n) is 1.28. The lowest BCUT2D eigenvalue weighted by atomic mass is 10.1. The summed E-state index contributed by atoms with van der Waals surface area (Å²) in [6.07, 6.45) is 2.00. The monoisotopic (exact) mass is 258 g/mol. The van der Waals surface area contributed by atoms with Gasteiger partial charge in [-0.3, -0.25) is 4.79 Å². The summed E-state index contributed by atoms with van der Waals surface area (Å²) in [5, 5.41) is 6.38. The summed E-state index contributed by atoms with van der Waals surface area (Å²) in [7, 11) is 1.78. The first-order valence-electron chi connectivity index (χ1n) is 4.93. The number of amides is 1. The molecule has 0 saturated heterocycles. The second-order valence-electron chi connectivity index (χ2n) is 3.19. The first-order chi connectivity index (χ1) is 7.69. The second kappa shape index (κ2) is 6.66. The predicted molar refractivity (Wildman–Crippen MR) is 71.7 cm³/mol. The Morgan fingerprint density at radius 1 is 1.50 bits per heavy atom. The van der Waals surface area contributed by atoms with E-state index in [0.29, 0.717) is 17.1 Å². The van der Waals surface area contributed by atoms with Gasteiger partial charge in [0, 0.05) is 30.1 Å². The van der Waals surface area contributed by atoms with E-state index in [1.54, 1.807) is 37.0 Å². The molecule has 0 aromatic heterocycles. The van der Waals surface area contributed by atoms with E-state index in [2.05, 4.69) is 10.6 Å². The van der Waals surface area contributed by atoms with Gasteiger partial charge < -0.3 is 10.6 Å². The SMILES string of the molecule is CNc1ccc(Cl)cc1C(=O)NCCSC. The summed E-state index contributed by atoms with van der Waals surface area (Å²) < 4.78 is 0. The van der Waals surface area contributed by atoms with Crippen LogP contribution in [0.2, 0.25) is 5.02 Å². The molecule has 0 bridgehead atoms. The van der Waals surface area contributed by atoms with E-state index in [9.17, 15) is 4.79 Å². The van der Waals surface area contributed by atoms with Gasteiger partial charge in [-0.05, 0) is 24.5 Å². The van der Waals surface area contributed by atoms with Crippen LogP contribution >= 0.6 is 23.4 Å². The lowest BCUT2D eigenvalue weighted by molar-refractivity contribution is 0.0957. The third-order valence-electron chi connectivity index (χ3n) is 2.09. The van der Waals surface area contributed by atoms with E-state index in [1.807, 2.05) is 6.26 Å². The zero-order valence-corrected chi connectivity index (χ0v) is 10.9. The molecule has 0 atom stereocenters. The normalized spacial score (nSPS) is 9.94. The molecule has 2 N–H and O–H groups in total. The fourth-order valence-corrected chi connectivity index (χ4v) is 1.76. The maximum atomic E-state index is 11.8. The van der Waals surface area contributed by atoms with Crippen molar-refractivity contribution in [3.05, 3.63) is 28.8 Å². The number of carbonyl (C=O) groups is 1. The quantitative estimate of drug-likeness (QED) is 0.798. The number of carbonyl (C=O) groups excluding carboxylic acids is 1. The van der Waals surface area contributed by atoms with Crippen molar-refractivity contribution in [3.63, 3.8) is 0 Å². The first-order valence-corrected chi connectivity index (χ1v) is 6.70. The zero-order chi connectivity index (χ0) is 12.0. The molecule has 0 fully saturated rings. The van der Waals surface area contributed by atoms with Crippen LogP contribution in [0.1, 0.15) is 10.4 Å². The topological polar surface area (TPSA) is 41.1 Å². The first kappa shape index (κ1) is 13.2. The van der Waals surface area contributed by atoms with Crippen molar-refractivity contribution in [2.45, 2.75) is 0 Å². The Morgan fingerprint density at radius 3 is 2.88 bits per heavy atom. The summed E-state index contributed by atoms with van der Waals surface area (Å²) in [6, 6.07) is 5.22. The predicted octanol–water partition coefficient (Wildman–Crippen LogP) is 2.47. The molecule has 0 heterocycles. The van der Waals surface area contributed by atoms with Gasteiger partial charge in [0.2, 0.25) is 0 Å². The minimum atomic E-state index is -0.0964. The van der Waals surface area contributed by atoms with Gasteiger partial charge in [-0.2, -0.15) is 11.8 Å². The molecular formula is C11H15ClN2OS. The Balaban J connectivity index is 2.76. The van der Waals surface area contributed by atoms with E-state index in [0.717, 1.165) is 11.4 Å². The number of thioether (sulfide) groups is 1.